The normalized spacial score (nSPS) is 24.1. The molecule has 0 aromatic heterocycles. The quantitative estimate of drug-likeness (QED) is 0.537. The largest absolute Gasteiger partial charge is 0.464 e. The summed E-state index contributed by atoms with van der Waals surface area (Å²) in [6.07, 6.45) is 0.000313. The van der Waals surface area contributed by atoms with Crippen LogP contribution in [0.3, 0.4) is 0 Å². The third-order valence-electron chi connectivity index (χ3n) is 4.03. The highest BCUT2D eigenvalue weighted by atomic mass is 127. The molecule has 0 radical (unpaired) electrons. The van der Waals surface area contributed by atoms with Crippen LogP contribution in [0.1, 0.15) is 25.3 Å². The van der Waals surface area contributed by atoms with Gasteiger partial charge in [-0.3, -0.25) is 0 Å². The lowest BCUT2D eigenvalue weighted by Gasteiger charge is -2.42. The highest BCUT2D eigenvalue weighted by Crippen LogP contribution is 2.35. The van der Waals surface area contributed by atoms with Crippen molar-refractivity contribution < 1.29 is 21.8 Å². The van der Waals surface area contributed by atoms with Crippen molar-refractivity contribution in [1.82, 2.24) is 4.90 Å². The topological polar surface area (TPSA) is 55.8 Å². The van der Waals surface area contributed by atoms with Gasteiger partial charge in [0.25, 0.3) is 0 Å². The molecule has 5 nitrogen and oxygen atoms in total. The molecule has 1 aliphatic rings. The Morgan fingerprint density at radius 2 is 2.09 bits per heavy atom. The predicted molar refractivity (Wildman–Crippen MR) is 90.8 cm³/mol. The summed E-state index contributed by atoms with van der Waals surface area (Å²) in [6, 6.07) is 8.27. The number of carbonyl (C=O) groups is 2. The molecular formula is C16H19FINO4. The first-order valence-corrected chi connectivity index (χ1v) is 8.40. The summed E-state index contributed by atoms with van der Waals surface area (Å²) in [7, 11) is 0. The predicted octanol–water partition coefficient (Wildman–Crippen LogP) is 3.45. The first-order chi connectivity index (χ1) is 11.0. The van der Waals surface area contributed by atoms with E-state index < -0.39 is 23.8 Å². The summed E-state index contributed by atoms with van der Waals surface area (Å²) in [5.41, 5.74) is -1.38. The van der Waals surface area contributed by atoms with Gasteiger partial charge in [-0.15, -0.1) is 0 Å². The lowest BCUT2D eigenvalue weighted by Crippen LogP contribution is -2.61. The maximum Gasteiger partial charge on any atom is 0.419 e. The molecule has 7 heteroatoms. The molecule has 0 bridgehead atoms. The third kappa shape index (κ3) is 3.94. The fraction of sp³-hybridized carbons (Fsp3) is 0.500. The molecule has 1 amide bonds. The molecule has 2 rings (SSSR count). The minimum atomic E-state index is -2.23. The summed E-state index contributed by atoms with van der Waals surface area (Å²) < 4.78 is 25.2. The van der Waals surface area contributed by atoms with Gasteiger partial charge in [0.2, 0.25) is 5.67 Å². The van der Waals surface area contributed by atoms with Crippen LogP contribution in [-0.2, 0) is 19.0 Å². The van der Waals surface area contributed by atoms with Gasteiger partial charge < -0.3 is 12.7 Å². The number of hydrogen-bond donors (Lipinski definition) is 0. The zero-order valence-corrected chi connectivity index (χ0v) is 15.0. The van der Waals surface area contributed by atoms with Crippen molar-refractivity contribution in [2.75, 3.05) is 13.2 Å². The average molecular weight is 435 g/mol. The van der Waals surface area contributed by atoms with Gasteiger partial charge in [-0.05, 0) is 31.7 Å². The Morgan fingerprint density at radius 3 is 2.70 bits per heavy atom. The zero-order chi connectivity index (χ0) is 16.9. The fourth-order valence-electron chi connectivity index (χ4n) is 2.94. The van der Waals surface area contributed by atoms with Gasteiger partial charge in [-0.1, -0.05) is 30.3 Å². The third-order valence-corrected chi connectivity index (χ3v) is 4.41. The van der Waals surface area contributed by atoms with Crippen LogP contribution in [-0.4, -0.2) is 41.8 Å². The van der Waals surface area contributed by atoms with Crippen LogP contribution in [0, 0.1) is 0 Å². The molecule has 2 unspecified atom stereocenters. The lowest BCUT2D eigenvalue weighted by molar-refractivity contribution is -0.165. The molecule has 23 heavy (non-hydrogen) atoms. The first kappa shape index (κ1) is 18.0. The summed E-state index contributed by atoms with van der Waals surface area (Å²) in [5.74, 6) is -0.910. The zero-order valence-electron chi connectivity index (χ0n) is 12.8. The molecule has 1 aromatic rings. The number of amides is 1. The van der Waals surface area contributed by atoms with E-state index in [0.29, 0.717) is 13.0 Å². The van der Waals surface area contributed by atoms with Crippen molar-refractivity contribution in [3.8, 4) is 0 Å². The molecule has 126 valence electrons. The molecular weight excluding hydrogens is 416 g/mol. The molecule has 1 aliphatic heterocycles. The van der Waals surface area contributed by atoms with E-state index in [-0.39, 0.29) is 19.4 Å². The van der Waals surface area contributed by atoms with E-state index in [1.807, 2.05) is 30.3 Å². The standard InChI is InChI=1S/C16H19FINO4/c1-2-22-14(20)16(17)9-6-10-19(15(21)23-18)13(16)11-12-7-4-3-5-8-12/h3-5,7-8,13H,2,6,9-11H2,1H3. The van der Waals surface area contributed by atoms with Gasteiger partial charge in [0.15, 0.2) is 23.0 Å². The Kier molecular flexibility index (Phi) is 6.20. The summed E-state index contributed by atoms with van der Waals surface area (Å²) in [6.45, 7) is 2.08. The van der Waals surface area contributed by atoms with Crippen molar-refractivity contribution in [1.29, 1.82) is 0 Å². The van der Waals surface area contributed by atoms with Gasteiger partial charge in [0.05, 0.1) is 12.6 Å². The fourth-order valence-corrected chi connectivity index (χ4v) is 3.19. The summed E-state index contributed by atoms with van der Waals surface area (Å²) >= 11 is 1.47. The van der Waals surface area contributed by atoms with E-state index >= 15 is 4.39 Å². The van der Waals surface area contributed by atoms with Gasteiger partial charge in [-0.25, -0.2) is 14.0 Å². The number of rotatable bonds is 4. The van der Waals surface area contributed by atoms with Crippen molar-refractivity contribution in [3.05, 3.63) is 35.9 Å². The van der Waals surface area contributed by atoms with Gasteiger partial charge in [0.1, 0.15) is 0 Å². The molecule has 1 fully saturated rings. The Balaban J connectivity index is 2.34. The number of piperidine rings is 1. The van der Waals surface area contributed by atoms with E-state index in [1.165, 1.54) is 27.9 Å². The van der Waals surface area contributed by atoms with E-state index in [4.69, 9.17) is 7.80 Å². The van der Waals surface area contributed by atoms with Gasteiger partial charge in [0, 0.05) is 6.54 Å². The maximum absolute atomic E-state index is 15.5. The smallest absolute Gasteiger partial charge is 0.419 e. The van der Waals surface area contributed by atoms with Crippen LogP contribution in [0.2, 0.25) is 0 Å². The minimum absolute atomic E-state index is 0.0361. The number of halogens is 2. The molecule has 0 spiro atoms. The van der Waals surface area contributed by atoms with Crippen molar-refractivity contribution >= 4 is 35.1 Å². The van der Waals surface area contributed by atoms with Crippen LogP contribution in [0.25, 0.3) is 0 Å². The second-order valence-corrected chi connectivity index (χ2v) is 5.87. The van der Waals surface area contributed by atoms with Gasteiger partial charge in [-0.2, -0.15) is 0 Å². The summed E-state index contributed by atoms with van der Waals surface area (Å²) in [4.78, 5) is 25.5. The second-order valence-electron chi connectivity index (χ2n) is 5.43. The molecule has 0 N–H and O–H groups in total. The number of esters is 1. The van der Waals surface area contributed by atoms with Crippen molar-refractivity contribution in [2.45, 2.75) is 37.9 Å². The number of ether oxygens (including phenoxy) is 1. The number of nitrogens with zero attached hydrogens (tertiary/aromatic N) is 1. The number of hydrogen-bond acceptors (Lipinski definition) is 4. The highest BCUT2D eigenvalue weighted by Gasteiger charge is 2.53. The average Bonchev–Trinajstić information content (AvgIpc) is 2.57. The van der Waals surface area contributed by atoms with Crippen LogP contribution in [0.4, 0.5) is 9.18 Å². The van der Waals surface area contributed by atoms with E-state index in [9.17, 15) is 9.59 Å². The van der Waals surface area contributed by atoms with Crippen molar-refractivity contribution in [3.63, 3.8) is 0 Å². The number of benzene rings is 1. The molecule has 1 heterocycles. The summed E-state index contributed by atoms with van der Waals surface area (Å²) in [5, 5.41) is 0. The number of carbonyl (C=O) groups excluding carboxylic acids is 2. The maximum atomic E-state index is 15.5. The van der Waals surface area contributed by atoms with Crippen LogP contribution >= 0.6 is 23.0 Å². The highest BCUT2D eigenvalue weighted by molar-refractivity contribution is 14.1. The molecule has 1 saturated heterocycles. The molecule has 0 aliphatic carbocycles. The molecule has 2 atom stereocenters. The van der Waals surface area contributed by atoms with Crippen LogP contribution < -0.4 is 0 Å². The number of alkyl halides is 1. The SMILES string of the molecule is CCOC(=O)C1(F)CCCN(C(=O)OI)C1Cc1ccccc1. The monoisotopic (exact) mass is 435 g/mol. The van der Waals surface area contributed by atoms with Gasteiger partial charge >= 0.3 is 12.1 Å². The minimum Gasteiger partial charge on any atom is -0.464 e. The molecule has 0 saturated carbocycles. The Hall–Kier alpha value is -1.38. The van der Waals surface area contributed by atoms with E-state index in [0.717, 1.165) is 5.56 Å². The Morgan fingerprint density at radius 1 is 1.39 bits per heavy atom. The lowest BCUT2D eigenvalue weighted by atomic mass is 9.82. The van der Waals surface area contributed by atoms with Crippen molar-refractivity contribution in [2.24, 2.45) is 0 Å². The Labute approximate surface area is 148 Å². The molecule has 1 aromatic carbocycles. The second kappa shape index (κ2) is 7.94. The van der Waals surface area contributed by atoms with Crippen LogP contribution in [0.5, 0.6) is 0 Å². The van der Waals surface area contributed by atoms with Crippen LogP contribution in [0.15, 0.2) is 30.3 Å². The number of likely N-dealkylation sites (tertiary alicyclic amines) is 1. The van der Waals surface area contributed by atoms with E-state index in [1.54, 1.807) is 6.92 Å². The van der Waals surface area contributed by atoms with E-state index in [2.05, 4.69) is 0 Å². The Bertz CT molecular complexity index is 556. The first-order valence-electron chi connectivity index (χ1n) is 7.52.